The number of fused-ring (bicyclic) bond motifs is 1. The molecule has 2 aliphatic carbocycles. The molecule has 2 aliphatic rings. The molecule has 2 saturated carbocycles. The molecule has 2 heteroatoms. The number of nitrogens with one attached hydrogen (secondary N) is 2. The molecule has 18 heavy (non-hydrogen) atoms. The van der Waals surface area contributed by atoms with Crippen LogP contribution in [-0.2, 0) is 6.54 Å². The molecule has 0 radical (unpaired) electrons. The normalized spacial score (nSPS) is 19.8. The SMILES string of the molecule is c1cc(CNC(C2CC2)C2CC2)c2cc[nH]c2c1. The van der Waals surface area contributed by atoms with Crippen molar-refractivity contribution in [2.45, 2.75) is 38.3 Å². The molecule has 1 aromatic carbocycles. The van der Waals surface area contributed by atoms with Gasteiger partial charge in [0.2, 0.25) is 0 Å². The van der Waals surface area contributed by atoms with E-state index in [0.29, 0.717) is 0 Å². The van der Waals surface area contributed by atoms with E-state index in [9.17, 15) is 0 Å². The first-order chi connectivity index (χ1) is 8.92. The van der Waals surface area contributed by atoms with E-state index in [1.165, 1.54) is 42.1 Å². The van der Waals surface area contributed by atoms with Crippen LogP contribution in [0.15, 0.2) is 30.5 Å². The van der Waals surface area contributed by atoms with Crippen LogP contribution in [0.1, 0.15) is 31.2 Å². The molecule has 0 saturated heterocycles. The van der Waals surface area contributed by atoms with Gasteiger partial charge in [0.1, 0.15) is 0 Å². The number of rotatable bonds is 5. The molecule has 0 unspecified atom stereocenters. The maximum atomic E-state index is 3.83. The molecule has 0 atom stereocenters. The first-order valence-corrected chi connectivity index (χ1v) is 7.20. The van der Waals surface area contributed by atoms with E-state index < -0.39 is 0 Å². The Morgan fingerprint density at radius 2 is 1.89 bits per heavy atom. The van der Waals surface area contributed by atoms with Crippen LogP contribution < -0.4 is 5.32 Å². The van der Waals surface area contributed by atoms with Crippen molar-refractivity contribution in [3.8, 4) is 0 Å². The zero-order chi connectivity index (χ0) is 11.9. The van der Waals surface area contributed by atoms with Gasteiger partial charge in [0.15, 0.2) is 0 Å². The number of hydrogen-bond acceptors (Lipinski definition) is 1. The predicted molar refractivity (Wildman–Crippen MR) is 74.4 cm³/mol. The number of aromatic amines is 1. The van der Waals surface area contributed by atoms with Crippen LogP contribution in [0.25, 0.3) is 10.9 Å². The van der Waals surface area contributed by atoms with E-state index >= 15 is 0 Å². The van der Waals surface area contributed by atoms with E-state index in [-0.39, 0.29) is 0 Å². The van der Waals surface area contributed by atoms with E-state index in [0.717, 1.165) is 24.4 Å². The highest BCUT2D eigenvalue weighted by atomic mass is 14.9. The molecule has 2 nitrogen and oxygen atoms in total. The monoisotopic (exact) mass is 240 g/mol. The Bertz CT molecular complexity index is 537. The highest BCUT2D eigenvalue weighted by Gasteiger charge is 2.40. The van der Waals surface area contributed by atoms with Crippen LogP contribution >= 0.6 is 0 Å². The smallest absolute Gasteiger partial charge is 0.0457 e. The van der Waals surface area contributed by atoms with Gasteiger partial charge in [-0.1, -0.05) is 12.1 Å². The first-order valence-electron chi connectivity index (χ1n) is 7.20. The molecule has 1 heterocycles. The molecule has 4 rings (SSSR count). The lowest BCUT2D eigenvalue weighted by atomic mass is 10.1. The van der Waals surface area contributed by atoms with Gasteiger partial charge in [-0.05, 0) is 55.2 Å². The van der Waals surface area contributed by atoms with Crippen molar-refractivity contribution in [1.82, 2.24) is 10.3 Å². The minimum atomic E-state index is 0.791. The van der Waals surface area contributed by atoms with Gasteiger partial charge in [-0.15, -0.1) is 0 Å². The Balaban J connectivity index is 1.51. The van der Waals surface area contributed by atoms with Crippen LogP contribution in [0.4, 0.5) is 0 Å². The lowest BCUT2D eigenvalue weighted by Gasteiger charge is -2.18. The molecule has 94 valence electrons. The summed E-state index contributed by atoms with van der Waals surface area (Å²) in [6, 6.07) is 9.53. The van der Waals surface area contributed by atoms with Gasteiger partial charge in [0.25, 0.3) is 0 Å². The summed E-state index contributed by atoms with van der Waals surface area (Å²) in [4.78, 5) is 3.29. The number of hydrogen-bond donors (Lipinski definition) is 2. The highest BCUT2D eigenvalue weighted by Crippen LogP contribution is 2.44. The predicted octanol–water partition coefficient (Wildman–Crippen LogP) is 3.45. The van der Waals surface area contributed by atoms with Crippen LogP contribution in [-0.4, -0.2) is 11.0 Å². The average Bonchev–Trinajstić information content (AvgIpc) is 3.30. The van der Waals surface area contributed by atoms with Crippen molar-refractivity contribution in [2.24, 2.45) is 11.8 Å². The lowest BCUT2D eigenvalue weighted by molar-refractivity contribution is 0.416. The Morgan fingerprint density at radius 3 is 2.61 bits per heavy atom. The van der Waals surface area contributed by atoms with Gasteiger partial charge < -0.3 is 10.3 Å². The van der Waals surface area contributed by atoms with E-state index in [1.807, 2.05) is 6.20 Å². The maximum Gasteiger partial charge on any atom is 0.0457 e. The van der Waals surface area contributed by atoms with Crippen molar-refractivity contribution in [3.05, 3.63) is 36.0 Å². The van der Waals surface area contributed by atoms with Gasteiger partial charge in [0, 0.05) is 29.7 Å². The Labute approximate surface area is 108 Å². The highest BCUT2D eigenvalue weighted by molar-refractivity contribution is 5.82. The summed E-state index contributed by atoms with van der Waals surface area (Å²) in [7, 11) is 0. The van der Waals surface area contributed by atoms with Crippen molar-refractivity contribution >= 4 is 10.9 Å². The Morgan fingerprint density at radius 1 is 1.11 bits per heavy atom. The molecular weight excluding hydrogens is 220 g/mol. The van der Waals surface area contributed by atoms with Crippen molar-refractivity contribution < 1.29 is 0 Å². The molecule has 0 aliphatic heterocycles. The number of benzene rings is 1. The second-order valence-corrected chi connectivity index (χ2v) is 5.94. The lowest BCUT2D eigenvalue weighted by Crippen LogP contribution is -2.32. The summed E-state index contributed by atoms with van der Waals surface area (Å²) in [6.07, 6.45) is 7.82. The molecule has 0 spiro atoms. The molecule has 2 aromatic rings. The molecule has 0 amide bonds. The fourth-order valence-corrected chi connectivity index (χ4v) is 3.16. The van der Waals surface area contributed by atoms with Crippen LogP contribution in [0.2, 0.25) is 0 Å². The summed E-state index contributed by atoms with van der Waals surface area (Å²) in [6.45, 7) is 1.02. The minimum Gasteiger partial charge on any atom is -0.361 e. The minimum absolute atomic E-state index is 0.791. The van der Waals surface area contributed by atoms with Gasteiger partial charge >= 0.3 is 0 Å². The molecule has 0 bridgehead atoms. The molecular formula is C16H20N2. The van der Waals surface area contributed by atoms with E-state index in [4.69, 9.17) is 0 Å². The topological polar surface area (TPSA) is 27.8 Å². The fourth-order valence-electron chi connectivity index (χ4n) is 3.16. The quantitative estimate of drug-likeness (QED) is 0.823. The molecule has 1 aromatic heterocycles. The second-order valence-electron chi connectivity index (χ2n) is 5.94. The summed E-state index contributed by atoms with van der Waals surface area (Å²) in [5.74, 6) is 1.95. The van der Waals surface area contributed by atoms with Gasteiger partial charge in [0.05, 0.1) is 0 Å². The van der Waals surface area contributed by atoms with Crippen molar-refractivity contribution in [1.29, 1.82) is 0 Å². The fraction of sp³-hybridized carbons (Fsp3) is 0.500. The first kappa shape index (κ1) is 10.6. The van der Waals surface area contributed by atoms with Crippen molar-refractivity contribution in [3.63, 3.8) is 0 Å². The van der Waals surface area contributed by atoms with Gasteiger partial charge in [-0.25, -0.2) is 0 Å². The summed E-state index contributed by atoms with van der Waals surface area (Å²) < 4.78 is 0. The van der Waals surface area contributed by atoms with E-state index in [1.54, 1.807) is 0 Å². The zero-order valence-electron chi connectivity index (χ0n) is 10.7. The largest absolute Gasteiger partial charge is 0.361 e. The zero-order valence-corrected chi connectivity index (χ0v) is 10.7. The van der Waals surface area contributed by atoms with Gasteiger partial charge in [-0.2, -0.15) is 0 Å². The molecule has 2 N–H and O–H groups in total. The third kappa shape index (κ3) is 1.95. The summed E-state index contributed by atoms with van der Waals surface area (Å²) >= 11 is 0. The maximum absolute atomic E-state index is 3.83. The average molecular weight is 240 g/mol. The van der Waals surface area contributed by atoms with E-state index in [2.05, 4.69) is 34.6 Å². The van der Waals surface area contributed by atoms with Crippen LogP contribution in [0.3, 0.4) is 0 Å². The van der Waals surface area contributed by atoms with Crippen molar-refractivity contribution in [2.75, 3.05) is 0 Å². The summed E-state index contributed by atoms with van der Waals surface area (Å²) in [5.41, 5.74) is 2.68. The summed E-state index contributed by atoms with van der Waals surface area (Å²) in [5, 5.41) is 5.20. The Hall–Kier alpha value is -1.28. The second kappa shape index (κ2) is 4.13. The Kier molecular flexibility index (Phi) is 2.44. The molecule has 2 fully saturated rings. The van der Waals surface area contributed by atoms with Crippen LogP contribution in [0.5, 0.6) is 0 Å². The number of H-pyrrole nitrogens is 1. The standard InChI is InChI=1S/C16H20N2/c1-2-13(14-8-9-17-15(14)3-1)10-18-16(11-4-5-11)12-6-7-12/h1-3,8-9,11-12,16-18H,4-7,10H2. The number of aromatic nitrogens is 1. The van der Waals surface area contributed by atoms with Crippen LogP contribution in [0, 0.1) is 11.8 Å². The third-order valence-electron chi connectivity index (χ3n) is 4.47. The third-order valence-corrected chi connectivity index (χ3v) is 4.47. The van der Waals surface area contributed by atoms with Gasteiger partial charge in [-0.3, -0.25) is 0 Å².